The zero-order valence-corrected chi connectivity index (χ0v) is 17.3. The second kappa shape index (κ2) is 8.99. The van der Waals surface area contributed by atoms with Crippen molar-refractivity contribution in [2.45, 2.75) is 81.1 Å². The minimum atomic E-state index is -4.39. The number of phosphoric ester groups is 1. The number of hydrogen-bond donors (Lipinski definition) is 2. The molecule has 0 aliphatic heterocycles. The van der Waals surface area contributed by atoms with Crippen molar-refractivity contribution in [3.05, 3.63) is 0 Å². The standard InChI is InChI=1S/C18H39O4P/c1-14(11-17(3,4)5)9-10-16(13-22-23(19,20)21)15(2)12-18(6,7)8/h14-16H,9-13H2,1-8H3,(H2,19,20,21). The van der Waals surface area contributed by atoms with E-state index in [9.17, 15) is 4.57 Å². The predicted molar refractivity (Wildman–Crippen MR) is 97.2 cm³/mol. The van der Waals surface area contributed by atoms with Crippen molar-refractivity contribution in [3.63, 3.8) is 0 Å². The lowest BCUT2D eigenvalue weighted by Gasteiger charge is -2.31. The van der Waals surface area contributed by atoms with Gasteiger partial charge in [-0.05, 0) is 47.8 Å². The number of phosphoric acid groups is 1. The van der Waals surface area contributed by atoms with E-state index in [-0.39, 0.29) is 17.9 Å². The molecule has 4 nitrogen and oxygen atoms in total. The fraction of sp³-hybridized carbons (Fsp3) is 1.00. The van der Waals surface area contributed by atoms with Gasteiger partial charge in [0.15, 0.2) is 0 Å². The zero-order valence-electron chi connectivity index (χ0n) is 16.4. The molecule has 0 aliphatic carbocycles. The lowest BCUT2D eigenvalue weighted by molar-refractivity contribution is 0.118. The van der Waals surface area contributed by atoms with Crippen LogP contribution in [0.3, 0.4) is 0 Å². The molecule has 0 rings (SSSR count). The Morgan fingerprint density at radius 1 is 0.913 bits per heavy atom. The van der Waals surface area contributed by atoms with Crippen LogP contribution in [0, 0.1) is 28.6 Å². The van der Waals surface area contributed by atoms with Gasteiger partial charge < -0.3 is 9.79 Å². The quantitative estimate of drug-likeness (QED) is 0.528. The maximum absolute atomic E-state index is 11.0. The van der Waals surface area contributed by atoms with Crippen LogP contribution >= 0.6 is 7.82 Å². The number of rotatable bonds is 9. The zero-order chi connectivity index (χ0) is 18.5. The Morgan fingerprint density at radius 3 is 1.78 bits per heavy atom. The molecule has 0 bridgehead atoms. The van der Waals surface area contributed by atoms with Gasteiger partial charge in [0.25, 0.3) is 0 Å². The highest BCUT2D eigenvalue weighted by Crippen LogP contribution is 2.40. The summed E-state index contributed by atoms with van der Waals surface area (Å²) in [6, 6.07) is 0. The van der Waals surface area contributed by atoms with E-state index >= 15 is 0 Å². The van der Waals surface area contributed by atoms with E-state index in [0.717, 1.165) is 25.7 Å². The van der Waals surface area contributed by atoms with Crippen molar-refractivity contribution < 1.29 is 18.9 Å². The first-order valence-electron chi connectivity index (χ1n) is 8.79. The minimum Gasteiger partial charge on any atom is -0.303 e. The molecule has 0 saturated heterocycles. The molecule has 3 atom stereocenters. The second-order valence-electron chi connectivity index (χ2n) is 9.74. The Hall–Kier alpha value is 0.110. The van der Waals surface area contributed by atoms with Crippen LogP contribution < -0.4 is 0 Å². The fourth-order valence-corrected chi connectivity index (χ4v) is 3.89. The molecule has 0 radical (unpaired) electrons. The number of hydrogen-bond acceptors (Lipinski definition) is 2. The lowest BCUT2D eigenvalue weighted by atomic mass is 9.76. The van der Waals surface area contributed by atoms with E-state index in [2.05, 4.69) is 55.4 Å². The summed E-state index contributed by atoms with van der Waals surface area (Å²) < 4.78 is 15.9. The monoisotopic (exact) mass is 350 g/mol. The van der Waals surface area contributed by atoms with E-state index in [1.165, 1.54) is 0 Å². The van der Waals surface area contributed by atoms with Crippen molar-refractivity contribution in [1.29, 1.82) is 0 Å². The summed E-state index contributed by atoms with van der Waals surface area (Å²) in [4.78, 5) is 18.0. The molecule has 0 heterocycles. The molecule has 23 heavy (non-hydrogen) atoms. The maximum atomic E-state index is 11.0. The molecule has 0 amide bonds. The van der Waals surface area contributed by atoms with E-state index in [0.29, 0.717) is 17.3 Å². The second-order valence-corrected chi connectivity index (χ2v) is 11.0. The van der Waals surface area contributed by atoms with Gasteiger partial charge in [-0.25, -0.2) is 4.57 Å². The van der Waals surface area contributed by atoms with Crippen molar-refractivity contribution >= 4 is 7.82 Å². The summed E-state index contributed by atoms with van der Waals surface area (Å²) in [5.74, 6) is 1.17. The highest BCUT2D eigenvalue weighted by molar-refractivity contribution is 7.46. The average molecular weight is 350 g/mol. The molecule has 0 aromatic rings. The van der Waals surface area contributed by atoms with Crippen LogP contribution in [0.2, 0.25) is 0 Å². The molecule has 0 aromatic heterocycles. The molecular formula is C18H39O4P. The molecule has 3 unspecified atom stereocenters. The lowest BCUT2D eigenvalue weighted by Crippen LogP contribution is -2.23. The van der Waals surface area contributed by atoms with Gasteiger partial charge in [-0.1, -0.05) is 61.8 Å². The van der Waals surface area contributed by atoms with E-state index in [4.69, 9.17) is 14.3 Å². The van der Waals surface area contributed by atoms with E-state index in [1.54, 1.807) is 0 Å². The molecule has 0 aliphatic rings. The molecule has 0 fully saturated rings. The normalized spacial score (nSPS) is 17.8. The van der Waals surface area contributed by atoms with Gasteiger partial charge in [-0.15, -0.1) is 0 Å². The topological polar surface area (TPSA) is 66.8 Å². The van der Waals surface area contributed by atoms with Gasteiger partial charge in [-0.2, -0.15) is 0 Å². The van der Waals surface area contributed by atoms with Gasteiger partial charge >= 0.3 is 7.82 Å². The molecule has 0 aromatic carbocycles. The molecule has 140 valence electrons. The molecule has 0 spiro atoms. The Kier molecular flexibility index (Phi) is 9.03. The Morgan fingerprint density at radius 2 is 1.39 bits per heavy atom. The van der Waals surface area contributed by atoms with Crippen molar-refractivity contribution in [1.82, 2.24) is 0 Å². The highest BCUT2D eigenvalue weighted by Gasteiger charge is 2.27. The summed E-state index contributed by atoms with van der Waals surface area (Å²) in [5, 5.41) is 0. The van der Waals surface area contributed by atoms with Gasteiger partial charge in [-0.3, -0.25) is 4.52 Å². The summed E-state index contributed by atoms with van der Waals surface area (Å²) in [6.45, 7) is 17.9. The third kappa shape index (κ3) is 14.2. The van der Waals surface area contributed by atoms with E-state index in [1.807, 2.05) is 0 Å². The Balaban J connectivity index is 4.68. The highest BCUT2D eigenvalue weighted by atomic mass is 31.2. The van der Waals surface area contributed by atoms with Crippen molar-refractivity contribution in [3.8, 4) is 0 Å². The average Bonchev–Trinajstić information content (AvgIpc) is 2.21. The summed E-state index contributed by atoms with van der Waals surface area (Å²) in [6.07, 6.45) is 4.21. The van der Waals surface area contributed by atoms with Gasteiger partial charge in [0.05, 0.1) is 6.61 Å². The SMILES string of the molecule is CC(CCC(COP(=O)(O)O)C(C)CC(C)(C)C)CC(C)(C)C. The van der Waals surface area contributed by atoms with Gasteiger partial charge in [0, 0.05) is 0 Å². The summed E-state index contributed by atoms with van der Waals surface area (Å²) in [7, 11) is -4.39. The molecule has 0 saturated carbocycles. The van der Waals surface area contributed by atoms with Crippen LogP contribution in [0.5, 0.6) is 0 Å². The smallest absolute Gasteiger partial charge is 0.303 e. The first kappa shape index (κ1) is 23.1. The molecule has 5 heteroatoms. The largest absolute Gasteiger partial charge is 0.469 e. The van der Waals surface area contributed by atoms with Gasteiger partial charge in [0.2, 0.25) is 0 Å². The first-order chi connectivity index (χ1) is 10.1. The van der Waals surface area contributed by atoms with E-state index < -0.39 is 7.82 Å². The third-order valence-electron chi connectivity index (χ3n) is 4.19. The molecular weight excluding hydrogens is 311 g/mol. The van der Waals surface area contributed by atoms with Crippen LogP contribution in [0.15, 0.2) is 0 Å². The van der Waals surface area contributed by atoms with Gasteiger partial charge in [0.1, 0.15) is 0 Å². The van der Waals surface area contributed by atoms with Crippen molar-refractivity contribution in [2.24, 2.45) is 28.6 Å². The van der Waals surface area contributed by atoms with Crippen LogP contribution in [0.1, 0.15) is 81.1 Å². The van der Waals surface area contributed by atoms with Crippen LogP contribution in [-0.4, -0.2) is 16.4 Å². The first-order valence-corrected chi connectivity index (χ1v) is 10.3. The molecule has 2 N–H and O–H groups in total. The Labute approximate surface area is 143 Å². The van der Waals surface area contributed by atoms with Crippen LogP contribution in [0.4, 0.5) is 0 Å². The predicted octanol–water partition coefficient (Wildman–Crippen LogP) is 5.64. The third-order valence-corrected chi connectivity index (χ3v) is 4.67. The fourth-order valence-electron chi connectivity index (χ4n) is 3.50. The van der Waals surface area contributed by atoms with Crippen LogP contribution in [0.25, 0.3) is 0 Å². The maximum Gasteiger partial charge on any atom is 0.469 e. The Bertz CT molecular complexity index is 375. The summed E-state index contributed by atoms with van der Waals surface area (Å²) >= 11 is 0. The minimum absolute atomic E-state index is 0.143. The van der Waals surface area contributed by atoms with Crippen LogP contribution in [-0.2, 0) is 9.09 Å². The van der Waals surface area contributed by atoms with Crippen molar-refractivity contribution in [2.75, 3.05) is 6.61 Å². The summed E-state index contributed by atoms with van der Waals surface area (Å²) in [5.41, 5.74) is 0.519.